The summed E-state index contributed by atoms with van der Waals surface area (Å²) in [7, 11) is 0. The molecule has 0 amide bonds. The lowest BCUT2D eigenvalue weighted by molar-refractivity contribution is 0.177. The first-order chi connectivity index (χ1) is 17.7. The van der Waals surface area contributed by atoms with Gasteiger partial charge < -0.3 is 14.6 Å². The van der Waals surface area contributed by atoms with Gasteiger partial charge in [0.2, 0.25) is 5.95 Å². The number of rotatable bonds is 7. The van der Waals surface area contributed by atoms with Gasteiger partial charge in [0, 0.05) is 63.1 Å². The van der Waals surface area contributed by atoms with Crippen LogP contribution in [0.4, 0.5) is 11.6 Å². The van der Waals surface area contributed by atoms with Gasteiger partial charge in [-0.15, -0.1) is 10.2 Å². The maximum absolute atomic E-state index is 6.12. The van der Waals surface area contributed by atoms with Crippen LogP contribution >= 0.6 is 11.8 Å². The molecule has 0 spiro atoms. The summed E-state index contributed by atoms with van der Waals surface area (Å²) in [5.41, 5.74) is 3.92. The van der Waals surface area contributed by atoms with E-state index in [0.29, 0.717) is 12.5 Å². The Morgan fingerprint density at radius 2 is 1.81 bits per heavy atom. The summed E-state index contributed by atoms with van der Waals surface area (Å²) in [6, 6.07) is 14.5. The van der Waals surface area contributed by atoms with Gasteiger partial charge >= 0.3 is 0 Å². The Balaban J connectivity index is 1.10. The number of nitrogens with one attached hydrogen (secondary N) is 1. The number of piperazine rings is 1. The van der Waals surface area contributed by atoms with E-state index in [9.17, 15) is 0 Å². The number of benzene rings is 1. The summed E-state index contributed by atoms with van der Waals surface area (Å²) < 4.78 is 9.21. The molecule has 1 N–H and O–H groups in total. The zero-order chi connectivity index (χ0) is 24.3. The van der Waals surface area contributed by atoms with Gasteiger partial charge in [0.15, 0.2) is 5.65 Å². The third kappa shape index (κ3) is 5.18. The SMILES string of the molecule is ClN1CCC(CN2CCN(c3ccc(-c4cc5nncn5c(NCc5ccco5)n4)cc3)CC2)CC1. The molecule has 0 saturated carbocycles. The third-order valence-electron chi connectivity index (χ3n) is 7.27. The average molecular weight is 507 g/mol. The highest BCUT2D eigenvalue weighted by Crippen LogP contribution is 2.26. The van der Waals surface area contributed by atoms with E-state index in [-0.39, 0.29) is 0 Å². The predicted octanol–water partition coefficient (Wildman–Crippen LogP) is 3.98. The number of anilines is 2. The normalized spacial score (nSPS) is 18.2. The Labute approximate surface area is 215 Å². The van der Waals surface area contributed by atoms with E-state index in [1.165, 1.54) is 25.1 Å². The van der Waals surface area contributed by atoms with E-state index < -0.39 is 0 Å². The highest BCUT2D eigenvalue weighted by atomic mass is 35.5. The lowest BCUT2D eigenvalue weighted by Gasteiger charge is -2.38. The van der Waals surface area contributed by atoms with Crippen molar-refractivity contribution in [3.05, 3.63) is 60.8 Å². The number of piperidine rings is 1. The molecule has 0 unspecified atom stereocenters. The minimum absolute atomic E-state index is 0.535. The molecule has 2 fully saturated rings. The second-order valence-electron chi connectivity index (χ2n) is 9.64. The lowest BCUT2D eigenvalue weighted by Crippen LogP contribution is -2.48. The van der Waals surface area contributed by atoms with Crippen LogP contribution in [0, 0.1) is 5.92 Å². The van der Waals surface area contributed by atoms with Crippen molar-refractivity contribution in [3.8, 4) is 11.3 Å². The largest absolute Gasteiger partial charge is 0.467 e. The standard InChI is InChI=1S/C26H31ClN8O/c27-34-9-7-20(8-10-34)18-32-11-13-33(14-12-32)22-5-3-21(4-6-22)24-16-25-31-29-19-35(25)26(30-24)28-17-23-2-1-15-36-23/h1-6,15-16,19-20H,7-14,17-18H2,(H,28,30). The molecular weight excluding hydrogens is 476 g/mol. The zero-order valence-electron chi connectivity index (χ0n) is 20.3. The summed E-state index contributed by atoms with van der Waals surface area (Å²) >= 11 is 6.12. The highest BCUT2D eigenvalue weighted by molar-refractivity contribution is 6.13. The molecule has 0 aliphatic carbocycles. The number of fused-ring (bicyclic) bond motifs is 1. The average Bonchev–Trinajstić information content (AvgIpc) is 3.61. The summed E-state index contributed by atoms with van der Waals surface area (Å²) in [5.74, 6) is 2.30. The van der Waals surface area contributed by atoms with Crippen LogP contribution < -0.4 is 10.2 Å². The van der Waals surface area contributed by atoms with Crippen molar-refractivity contribution in [2.75, 3.05) is 56.0 Å². The number of nitrogens with zero attached hydrogens (tertiary/aromatic N) is 7. The van der Waals surface area contributed by atoms with Crippen LogP contribution in [-0.4, -0.2) is 74.7 Å². The van der Waals surface area contributed by atoms with Crippen LogP contribution in [-0.2, 0) is 6.54 Å². The van der Waals surface area contributed by atoms with Gasteiger partial charge in [-0.2, -0.15) is 0 Å². The lowest BCUT2D eigenvalue weighted by atomic mass is 9.97. The van der Waals surface area contributed by atoms with Crippen LogP contribution in [0.1, 0.15) is 18.6 Å². The number of hydrogen-bond acceptors (Lipinski definition) is 8. The van der Waals surface area contributed by atoms with E-state index >= 15 is 0 Å². The topological polar surface area (TPSA) is 78.0 Å². The van der Waals surface area contributed by atoms with Crippen LogP contribution in [0.2, 0.25) is 0 Å². The Morgan fingerprint density at radius 1 is 1.00 bits per heavy atom. The molecule has 0 bridgehead atoms. The van der Waals surface area contributed by atoms with Crippen molar-refractivity contribution in [1.82, 2.24) is 28.9 Å². The predicted molar refractivity (Wildman–Crippen MR) is 141 cm³/mol. The summed E-state index contributed by atoms with van der Waals surface area (Å²) in [6.07, 6.45) is 5.75. The third-order valence-corrected chi connectivity index (χ3v) is 7.61. The Kier molecular flexibility index (Phi) is 6.76. The molecular formula is C26H31ClN8O. The molecule has 3 aromatic heterocycles. The minimum atomic E-state index is 0.535. The number of aromatic nitrogens is 4. The maximum atomic E-state index is 6.12. The van der Waals surface area contributed by atoms with Gasteiger partial charge in [-0.05, 0) is 54.8 Å². The zero-order valence-corrected chi connectivity index (χ0v) is 21.0. The Hall–Kier alpha value is -3.14. The van der Waals surface area contributed by atoms with Crippen molar-refractivity contribution in [2.24, 2.45) is 5.92 Å². The van der Waals surface area contributed by atoms with Crippen molar-refractivity contribution in [3.63, 3.8) is 0 Å². The molecule has 4 aromatic rings. The van der Waals surface area contributed by atoms with Crippen LogP contribution in [0.15, 0.2) is 59.5 Å². The molecule has 6 rings (SSSR count). The van der Waals surface area contributed by atoms with Gasteiger partial charge in [-0.25, -0.2) is 9.40 Å². The first-order valence-corrected chi connectivity index (χ1v) is 13.0. The first-order valence-electron chi connectivity index (χ1n) is 12.7. The van der Waals surface area contributed by atoms with E-state index in [4.69, 9.17) is 21.2 Å². The fraction of sp³-hybridized carbons (Fsp3) is 0.423. The molecule has 2 saturated heterocycles. The summed E-state index contributed by atoms with van der Waals surface area (Å²) in [4.78, 5) is 9.95. The van der Waals surface area contributed by atoms with E-state index in [1.807, 2.05) is 27.0 Å². The number of hydrogen-bond donors (Lipinski definition) is 1. The molecule has 36 heavy (non-hydrogen) atoms. The molecule has 2 aliphatic heterocycles. The molecule has 2 aliphatic rings. The van der Waals surface area contributed by atoms with Crippen LogP contribution in [0.25, 0.3) is 16.9 Å². The van der Waals surface area contributed by atoms with Crippen molar-refractivity contribution >= 4 is 29.1 Å². The fourth-order valence-corrected chi connectivity index (χ4v) is 5.36. The van der Waals surface area contributed by atoms with Gasteiger partial charge in [0.1, 0.15) is 12.1 Å². The highest BCUT2D eigenvalue weighted by Gasteiger charge is 2.23. The Morgan fingerprint density at radius 3 is 2.56 bits per heavy atom. The van der Waals surface area contributed by atoms with Gasteiger partial charge in [0.25, 0.3) is 0 Å². The summed E-state index contributed by atoms with van der Waals surface area (Å²) in [5, 5.41) is 11.6. The molecule has 10 heteroatoms. The van der Waals surface area contributed by atoms with E-state index in [2.05, 4.69) is 49.6 Å². The smallest absolute Gasteiger partial charge is 0.210 e. The second-order valence-corrected chi connectivity index (χ2v) is 10.1. The van der Waals surface area contributed by atoms with Gasteiger partial charge in [-0.3, -0.25) is 9.30 Å². The molecule has 9 nitrogen and oxygen atoms in total. The maximum Gasteiger partial charge on any atom is 0.210 e. The van der Waals surface area contributed by atoms with Crippen LogP contribution in [0.5, 0.6) is 0 Å². The molecule has 188 valence electrons. The van der Waals surface area contributed by atoms with Crippen molar-refractivity contribution < 1.29 is 4.42 Å². The molecule has 0 radical (unpaired) electrons. The first kappa shape index (κ1) is 23.3. The minimum Gasteiger partial charge on any atom is -0.467 e. The van der Waals surface area contributed by atoms with Gasteiger partial charge in [-0.1, -0.05) is 12.1 Å². The van der Waals surface area contributed by atoms with Crippen LogP contribution in [0.3, 0.4) is 0 Å². The Bertz CT molecular complexity index is 1260. The quantitative estimate of drug-likeness (QED) is 0.377. The van der Waals surface area contributed by atoms with Gasteiger partial charge in [0.05, 0.1) is 18.5 Å². The van der Waals surface area contributed by atoms with E-state index in [1.54, 1.807) is 12.6 Å². The van der Waals surface area contributed by atoms with E-state index in [0.717, 1.165) is 67.9 Å². The number of furan rings is 1. The number of halogens is 1. The molecule has 1 aromatic carbocycles. The summed E-state index contributed by atoms with van der Waals surface area (Å²) in [6.45, 7) is 8.09. The molecule has 5 heterocycles. The monoisotopic (exact) mass is 506 g/mol. The fourth-order valence-electron chi connectivity index (χ4n) is 5.16. The second kappa shape index (κ2) is 10.5. The van der Waals surface area contributed by atoms with Crippen molar-refractivity contribution in [1.29, 1.82) is 0 Å². The van der Waals surface area contributed by atoms with Crippen molar-refractivity contribution in [2.45, 2.75) is 19.4 Å². The molecule has 0 atom stereocenters.